The van der Waals surface area contributed by atoms with Crippen molar-refractivity contribution in [2.24, 2.45) is 0 Å². The predicted octanol–water partition coefficient (Wildman–Crippen LogP) is 7.45. The number of ether oxygens (including phenoxy) is 2. The van der Waals surface area contributed by atoms with Gasteiger partial charge in [-0.3, -0.25) is 4.90 Å². The first kappa shape index (κ1) is 28.1. The van der Waals surface area contributed by atoms with Gasteiger partial charge in [-0.25, -0.2) is 4.98 Å². The molecular weight excluding hydrogens is 470 g/mol. The molecule has 0 saturated carbocycles. The Bertz CT molecular complexity index is 1190. The molecule has 3 aromatic rings. The van der Waals surface area contributed by atoms with E-state index in [4.69, 9.17) is 19.4 Å². The standard InChI is InChI=1S/C33H45N3O2/c1-7-26-13-12-14-27(8-2)31(26)32-34-25(6)29(22-38-30-21-28(23(3)4)16-15-24(30)5)33(35-32)37-20-19-36-17-10-9-11-18-36/h12-16,21,23H,7-11,17-20,22H2,1-6H3. The van der Waals surface area contributed by atoms with Gasteiger partial charge in [0.05, 0.1) is 11.3 Å². The van der Waals surface area contributed by atoms with E-state index in [1.165, 1.54) is 36.0 Å². The summed E-state index contributed by atoms with van der Waals surface area (Å²) in [6.45, 7) is 17.2. The Hall–Kier alpha value is -2.92. The van der Waals surface area contributed by atoms with Crippen molar-refractivity contribution in [3.05, 3.63) is 69.9 Å². The minimum Gasteiger partial charge on any atom is -0.488 e. The van der Waals surface area contributed by atoms with Crippen LogP contribution in [0.25, 0.3) is 11.4 Å². The zero-order valence-corrected chi connectivity index (χ0v) is 24.3. The topological polar surface area (TPSA) is 47.5 Å². The summed E-state index contributed by atoms with van der Waals surface area (Å²) in [5.74, 6) is 2.76. The Labute approximate surface area is 229 Å². The molecule has 2 heterocycles. The highest BCUT2D eigenvalue weighted by Gasteiger charge is 2.20. The van der Waals surface area contributed by atoms with E-state index in [-0.39, 0.29) is 0 Å². The quantitative estimate of drug-likeness (QED) is 0.265. The molecule has 0 aliphatic carbocycles. The van der Waals surface area contributed by atoms with E-state index >= 15 is 0 Å². The molecular formula is C33H45N3O2. The first-order chi connectivity index (χ1) is 18.4. The molecule has 0 unspecified atom stereocenters. The van der Waals surface area contributed by atoms with Gasteiger partial charge in [0.15, 0.2) is 5.82 Å². The van der Waals surface area contributed by atoms with Crippen LogP contribution in [0.15, 0.2) is 36.4 Å². The number of aryl methyl sites for hydroxylation is 4. The molecule has 1 saturated heterocycles. The maximum atomic E-state index is 6.44. The van der Waals surface area contributed by atoms with Crippen molar-refractivity contribution in [2.45, 2.75) is 86.2 Å². The number of likely N-dealkylation sites (tertiary alicyclic amines) is 1. The second kappa shape index (κ2) is 13.2. The third kappa shape index (κ3) is 6.74. The Morgan fingerprint density at radius 3 is 2.26 bits per heavy atom. The highest BCUT2D eigenvalue weighted by Crippen LogP contribution is 2.32. The molecule has 0 amide bonds. The zero-order valence-electron chi connectivity index (χ0n) is 24.3. The summed E-state index contributed by atoms with van der Waals surface area (Å²) in [7, 11) is 0. The first-order valence-corrected chi connectivity index (χ1v) is 14.5. The normalized spacial score (nSPS) is 14.2. The number of hydrogen-bond acceptors (Lipinski definition) is 5. The summed E-state index contributed by atoms with van der Waals surface area (Å²) < 4.78 is 12.8. The molecule has 1 aliphatic rings. The highest BCUT2D eigenvalue weighted by atomic mass is 16.5. The molecule has 4 rings (SSSR count). The third-order valence-corrected chi connectivity index (χ3v) is 7.74. The van der Waals surface area contributed by atoms with Crippen LogP contribution in [0, 0.1) is 13.8 Å². The smallest absolute Gasteiger partial charge is 0.224 e. The number of benzene rings is 2. The van der Waals surface area contributed by atoms with E-state index in [0.29, 0.717) is 25.0 Å². The van der Waals surface area contributed by atoms with Crippen LogP contribution in [0.2, 0.25) is 0 Å². The van der Waals surface area contributed by atoms with E-state index in [1.807, 2.05) is 0 Å². The molecule has 5 nitrogen and oxygen atoms in total. The average molecular weight is 516 g/mol. The van der Waals surface area contributed by atoms with E-state index < -0.39 is 0 Å². The lowest BCUT2D eigenvalue weighted by molar-refractivity contribution is 0.177. The van der Waals surface area contributed by atoms with Gasteiger partial charge in [-0.1, -0.05) is 64.4 Å². The monoisotopic (exact) mass is 515 g/mol. The molecule has 1 fully saturated rings. The molecule has 0 radical (unpaired) electrons. The molecule has 1 aliphatic heterocycles. The SMILES string of the molecule is CCc1cccc(CC)c1-c1nc(C)c(COc2cc(C(C)C)ccc2C)c(OCCN2CCCCC2)n1. The van der Waals surface area contributed by atoms with Crippen molar-refractivity contribution >= 4 is 0 Å². The van der Waals surface area contributed by atoms with Crippen molar-refractivity contribution in [1.29, 1.82) is 0 Å². The summed E-state index contributed by atoms with van der Waals surface area (Å²) in [6, 6.07) is 13.0. The molecule has 1 aromatic heterocycles. The molecule has 0 atom stereocenters. The third-order valence-electron chi connectivity index (χ3n) is 7.74. The number of hydrogen-bond donors (Lipinski definition) is 0. The predicted molar refractivity (Wildman–Crippen MR) is 156 cm³/mol. The fraction of sp³-hybridized carbons (Fsp3) is 0.515. The average Bonchev–Trinajstić information content (AvgIpc) is 2.93. The van der Waals surface area contributed by atoms with Gasteiger partial charge in [-0.15, -0.1) is 0 Å². The maximum absolute atomic E-state index is 6.44. The second-order valence-electron chi connectivity index (χ2n) is 10.8. The van der Waals surface area contributed by atoms with Crippen LogP contribution >= 0.6 is 0 Å². The Morgan fingerprint density at radius 1 is 0.895 bits per heavy atom. The lowest BCUT2D eigenvalue weighted by Gasteiger charge is -2.26. The minimum atomic E-state index is 0.379. The van der Waals surface area contributed by atoms with Gasteiger partial charge in [0.25, 0.3) is 0 Å². The van der Waals surface area contributed by atoms with E-state index in [2.05, 4.69) is 82.8 Å². The van der Waals surface area contributed by atoms with Gasteiger partial charge >= 0.3 is 0 Å². The van der Waals surface area contributed by atoms with Gasteiger partial charge < -0.3 is 9.47 Å². The Balaban J connectivity index is 1.66. The summed E-state index contributed by atoms with van der Waals surface area (Å²) in [6.07, 6.45) is 5.76. The number of nitrogens with zero attached hydrogens (tertiary/aromatic N) is 3. The fourth-order valence-corrected chi connectivity index (χ4v) is 5.23. The van der Waals surface area contributed by atoms with Crippen LogP contribution in [0.4, 0.5) is 0 Å². The van der Waals surface area contributed by atoms with Crippen LogP contribution < -0.4 is 9.47 Å². The van der Waals surface area contributed by atoms with Crippen molar-refractivity contribution in [1.82, 2.24) is 14.9 Å². The molecule has 0 N–H and O–H groups in total. The minimum absolute atomic E-state index is 0.379. The summed E-state index contributed by atoms with van der Waals surface area (Å²) in [5, 5.41) is 0. The van der Waals surface area contributed by atoms with E-state index in [1.54, 1.807) is 0 Å². The lowest BCUT2D eigenvalue weighted by atomic mass is 9.96. The van der Waals surface area contributed by atoms with Gasteiger partial charge in [-0.05, 0) is 86.9 Å². The second-order valence-corrected chi connectivity index (χ2v) is 10.8. The first-order valence-electron chi connectivity index (χ1n) is 14.5. The molecule has 5 heteroatoms. The van der Waals surface area contributed by atoms with Crippen molar-refractivity contribution in [2.75, 3.05) is 26.2 Å². The van der Waals surface area contributed by atoms with Crippen molar-refractivity contribution < 1.29 is 9.47 Å². The number of aromatic nitrogens is 2. The van der Waals surface area contributed by atoms with Crippen LogP contribution in [0.5, 0.6) is 11.6 Å². The molecule has 0 spiro atoms. The van der Waals surface area contributed by atoms with E-state index in [0.717, 1.165) is 66.4 Å². The zero-order chi connectivity index (χ0) is 27.1. The summed E-state index contributed by atoms with van der Waals surface area (Å²) >= 11 is 0. The maximum Gasteiger partial charge on any atom is 0.224 e. The molecule has 204 valence electrons. The highest BCUT2D eigenvalue weighted by molar-refractivity contribution is 5.66. The van der Waals surface area contributed by atoms with Crippen LogP contribution in [-0.2, 0) is 19.4 Å². The van der Waals surface area contributed by atoms with E-state index in [9.17, 15) is 0 Å². The van der Waals surface area contributed by atoms with Gasteiger partial charge in [0.1, 0.15) is 19.0 Å². The summed E-state index contributed by atoms with van der Waals surface area (Å²) in [4.78, 5) is 12.6. The lowest BCUT2D eigenvalue weighted by Crippen LogP contribution is -2.33. The van der Waals surface area contributed by atoms with Crippen LogP contribution in [-0.4, -0.2) is 41.1 Å². The number of rotatable bonds is 11. The summed E-state index contributed by atoms with van der Waals surface area (Å²) in [5.41, 5.74) is 7.93. The molecule has 38 heavy (non-hydrogen) atoms. The van der Waals surface area contributed by atoms with Gasteiger partial charge in [-0.2, -0.15) is 4.98 Å². The largest absolute Gasteiger partial charge is 0.488 e. The van der Waals surface area contributed by atoms with Crippen molar-refractivity contribution in [3.63, 3.8) is 0 Å². The van der Waals surface area contributed by atoms with Crippen LogP contribution in [0.3, 0.4) is 0 Å². The molecule has 0 bridgehead atoms. The molecule has 2 aromatic carbocycles. The van der Waals surface area contributed by atoms with Gasteiger partial charge in [0.2, 0.25) is 5.88 Å². The van der Waals surface area contributed by atoms with Crippen molar-refractivity contribution in [3.8, 4) is 23.0 Å². The fourth-order valence-electron chi connectivity index (χ4n) is 5.23. The van der Waals surface area contributed by atoms with Gasteiger partial charge in [0, 0.05) is 12.1 Å². The number of piperidine rings is 1. The van der Waals surface area contributed by atoms with Crippen LogP contribution in [0.1, 0.15) is 86.4 Å². The Kier molecular flexibility index (Phi) is 9.79. The Morgan fingerprint density at radius 2 is 1.61 bits per heavy atom.